The molecule has 83 heavy (non-hydrogen) atoms. The van der Waals surface area contributed by atoms with Gasteiger partial charge in [-0.2, -0.15) is 0 Å². The first-order valence-corrected chi connectivity index (χ1v) is 29.5. The molecular formula is C54H96N16O13. The van der Waals surface area contributed by atoms with Crippen LogP contribution in [0, 0.1) is 0 Å². The Balaban J connectivity index is 0.000000435. The number of ether oxygens (including phenoxy) is 1. The predicted octanol–water partition coefficient (Wildman–Crippen LogP) is -3.53. The SMILES string of the molecule is CC(=O)NCCC(=O)N(CC(=O)NCCCCC(NC1CC1)C(N)=O)CC(=O)NCCCCC(NC1CC1)C(N)=O.COC(=O)NCCC(=O)N(CC(=O)NCCCCC(NC1CC1)C(N)=O)CC(=O)NCCCCC(NC1CC1)C(N)=O. The Bertz CT molecular complexity index is 2010. The van der Waals surface area contributed by atoms with Crippen molar-refractivity contribution in [2.45, 2.75) is 197 Å². The third-order valence-electron chi connectivity index (χ3n) is 13.9. The maximum absolute atomic E-state index is 12.8. The lowest BCUT2D eigenvalue weighted by Gasteiger charge is -2.22. The third kappa shape index (κ3) is 35.1. The minimum atomic E-state index is -0.693. The number of alkyl carbamates (subject to hydrolysis) is 1. The van der Waals surface area contributed by atoms with Crippen molar-refractivity contribution in [1.29, 1.82) is 0 Å². The van der Waals surface area contributed by atoms with Crippen molar-refractivity contribution >= 4 is 71.1 Å². The van der Waals surface area contributed by atoms with Crippen LogP contribution in [-0.2, 0) is 57.5 Å². The van der Waals surface area contributed by atoms with Crippen molar-refractivity contribution in [3.05, 3.63) is 0 Å². The third-order valence-corrected chi connectivity index (χ3v) is 13.9. The van der Waals surface area contributed by atoms with Crippen molar-refractivity contribution in [3.8, 4) is 0 Å². The number of methoxy groups -OCH3 is 1. The van der Waals surface area contributed by atoms with Gasteiger partial charge >= 0.3 is 6.09 Å². The molecule has 470 valence electrons. The lowest BCUT2D eigenvalue weighted by Crippen LogP contribution is -2.46. The molecule has 18 N–H and O–H groups in total. The van der Waals surface area contributed by atoms with E-state index in [1.165, 1.54) is 14.0 Å². The zero-order chi connectivity index (χ0) is 61.1. The summed E-state index contributed by atoms with van der Waals surface area (Å²) in [5.74, 6) is -4.42. The Labute approximate surface area is 486 Å². The maximum Gasteiger partial charge on any atom is 0.406 e. The van der Waals surface area contributed by atoms with Gasteiger partial charge in [-0.25, -0.2) is 4.79 Å². The second-order valence-electron chi connectivity index (χ2n) is 21.9. The highest BCUT2D eigenvalue weighted by molar-refractivity contribution is 5.90. The van der Waals surface area contributed by atoms with E-state index in [0.717, 1.165) is 61.2 Å². The van der Waals surface area contributed by atoms with Gasteiger partial charge in [0, 0.05) is 83.2 Å². The van der Waals surface area contributed by atoms with E-state index >= 15 is 0 Å². The molecule has 12 amide bonds. The number of unbranched alkanes of at least 4 members (excludes halogenated alkanes) is 4. The topological polar surface area (TPSA) is 445 Å². The number of primary amides is 4. The summed E-state index contributed by atoms with van der Waals surface area (Å²) in [5.41, 5.74) is 21.8. The molecule has 0 radical (unpaired) electrons. The fourth-order valence-corrected chi connectivity index (χ4v) is 8.56. The fraction of sp³-hybridized carbons (Fsp3) is 0.778. The quantitative estimate of drug-likeness (QED) is 0.0263. The lowest BCUT2D eigenvalue weighted by atomic mass is 10.1. The van der Waals surface area contributed by atoms with Gasteiger partial charge in [0.05, 0.1) is 31.3 Å². The standard InChI is InChI=1S/C27H48N8O7.C27H48N8O6/c1-42-27(41)32-15-12-24(38)35(16-22(36)30-13-4-2-6-20(25(28)39)33-18-8-9-18)17-23(37)31-14-5-3-7-21(26(29)40)34-19-10-11-19;1-18(36)30-15-12-25(39)35(16-23(37)31-13-4-2-6-21(26(28)40)33-19-8-9-19)17-24(38)32-14-5-3-7-22(27(29)41)34-20-10-11-20/h18-21,33-34H,2-17H2,1H3,(H2,28,39)(H2,29,40)(H,30,36)(H,31,37)(H,32,41);19-22,33-34H,2-17H2,1H3,(H2,28,40)(H2,29,41)(H,30,36)(H,31,37)(H,32,38). The Morgan fingerprint density at radius 3 is 0.855 bits per heavy atom. The van der Waals surface area contributed by atoms with E-state index in [-0.39, 0.29) is 106 Å². The van der Waals surface area contributed by atoms with Crippen LogP contribution in [0.5, 0.6) is 0 Å². The molecule has 0 bridgehead atoms. The summed E-state index contributed by atoms with van der Waals surface area (Å²) >= 11 is 0. The summed E-state index contributed by atoms with van der Waals surface area (Å²) < 4.78 is 4.49. The van der Waals surface area contributed by atoms with Gasteiger partial charge in [-0.05, 0) is 128 Å². The Hall–Kier alpha value is -6.72. The van der Waals surface area contributed by atoms with Gasteiger partial charge in [-0.3, -0.25) is 52.7 Å². The van der Waals surface area contributed by atoms with Crippen molar-refractivity contribution < 1.29 is 62.3 Å². The minimum Gasteiger partial charge on any atom is -0.453 e. The summed E-state index contributed by atoms with van der Waals surface area (Å²) in [7, 11) is 1.20. The summed E-state index contributed by atoms with van der Waals surface area (Å²) in [6, 6.07) is -0.0907. The van der Waals surface area contributed by atoms with E-state index in [2.05, 4.69) is 57.9 Å². The van der Waals surface area contributed by atoms with E-state index in [0.29, 0.717) is 127 Å². The zero-order valence-corrected chi connectivity index (χ0v) is 48.8. The second kappa shape index (κ2) is 39.7. The molecular weight excluding hydrogens is 1080 g/mol. The van der Waals surface area contributed by atoms with Crippen molar-refractivity contribution in [2.24, 2.45) is 22.9 Å². The molecule has 4 rings (SSSR count). The summed E-state index contributed by atoms with van der Waals surface area (Å²) in [6.07, 6.45) is 15.0. The number of hydrogen-bond acceptors (Lipinski definition) is 17. The largest absolute Gasteiger partial charge is 0.453 e. The van der Waals surface area contributed by atoms with Gasteiger partial charge in [0.1, 0.15) is 26.2 Å². The van der Waals surface area contributed by atoms with Gasteiger partial charge in [0.2, 0.25) is 65.0 Å². The van der Waals surface area contributed by atoms with Crippen LogP contribution in [0.3, 0.4) is 0 Å². The Morgan fingerprint density at radius 2 is 0.639 bits per heavy atom. The molecule has 0 spiro atoms. The first-order chi connectivity index (χ1) is 39.6. The predicted molar refractivity (Wildman–Crippen MR) is 305 cm³/mol. The number of amides is 12. The van der Waals surface area contributed by atoms with Crippen molar-refractivity contribution in [3.63, 3.8) is 0 Å². The average Bonchev–Trinajstić information content (AvgIpc) is 4.27. The fourth-order valence-electron chi connectivity index (χ4n) is 8.56. The van der Waals surface area contributed by atoms with E-state index < -0.39 is 41.5 Å². The first-order valence-electron chi connectivity index (χ1n) is 29.5. The average molecular weight is 1180 g/mol. The second-order valence-corrected chi connectivity index (χ2v) is 21.9. The highest BCUT2D eigenvalue weighted by Gasteiger charge is 2.30. The molecule has 0 aliphatic heterocycles. The van der Waals surface area contributed by atoms with Gasteiger partial charge in [-0.1, -0.05) is 0 Å². The molecule has 4 aliphatic rings. The van der Waals surface area contributed by atoms with Crippen LogP contribution in [0.4, 0.5) is 4.79 Å². The van der Waals surface area contributed by atoms with Gasteiger partial charge in [-0.15, -0.1) is 0 Å². The summed E-state index contributed by atoms with van der Waals surface area (Å²) in [5, 5.41) is 28.8. The van der Waals surface area contributed by atoms with Gasteiger partial charge < -0.3 is 90.6 Å². The zero-order valence-electron chi connectivity index (χ0n) is 48.8. The number of nitrogens with zero attached hydrogens (tertiary/aromatic N) is 2. The smallest absolute Gasteiger partial charge is 0.406 e. The number of nitrogens with one attached hydrogen (secondary N) is 10. The Morgan fingerprint density at radius 1 is 0.386 bits per heavy atom. The van der Waals surface area contributed by atoms with Crippen molar-refractivity contribution in [2.75, 3.05) is 72.6 Å². The summed E-state index contributed by atoms with van der Waals surface area (Å²) in [4.78, 5) is 147. The molecule has 0 saturated heterocycles. The number of carbonyl (C=O) groups excluding carboxylic acids is 12. The molecule has 29 heteroatoms. The molecule has 4 saturated carbocycles. The van der Waals surface area contributed by atoms with Crippen molar-refractivity contribution in [1.82, 2.24) is 63.0 Å². The number of carbonyl (C=O) groups is 12. The van der Waals surface area contributed by atoms with Crippen LogP contribution < -0.4 is 76.1 Å². The monoisotopic (exact) mass is 1180 g/mol. The van der Waals surface area contributed by atoms with E-state index in [9.17, 15) is 57.5 Å². The molecule has 0 heterocycles. The van der Waals surface area contributed by atoms with E-state index in [1.54, 1.807) is 0 Å². The highest BCUT2D eigenvalue weighted by atomic mass is 16.5. The van der Waals surface area contributed by atoms with Gasteiger partial charge in [0.15, 0.2) is 0 Å². The van der Waals surface area contributed by atoms with Crippen LogP contribution in [-0.4, -0.2) is 202 Å². The maximum atomic E-state index is 12.8. The minimum absolute atomic E-state index is 0.0168. The van der Waals surface area contributed by atoms with Crippen LogP contribution >= 0.6 is 0 Å². The molecule has 4 aliphatic carbocycles. The van der Waals surface area contributed by atoms with Crippen LogP contribution in [0.15, 0.2) is 0 Å². The normalized spacial score (nSPS) is 15.7. The van der Waals surface area contributed by atoms with E-state index in [1.807, 2.05) is 0 Å². The highest BCUT2D eigenvalue weighted by Crippen LogP contribution is 2.23. The van der Waals surface area contributed by atoms with Crippen LogP contribution in [0.1, 0.15) is 148 Å². The molecule has 0 aromatic rings. The molecule has 4 fully saturated rings. The number of rotatable bonds is 46. The molecule has 0 aromatic heterocycles. The molecule has 4 atom stereocenters. The van der Waals surface area contributed by atoms with Gasteiger partial charge in [0.25, 0.3) is 0 Å². The number of hydrogen-bond donors (Lipinski definition) is 14. The molecule has 4 unspecified atom stereocenters. The lowest BCUT2D eigenvalue weighted by molar-refractivity contribution is -0.139. The van der Waals surface area contributed by atoms with Crippen LogP contribution in [0.2, 0.25) is 0 Å². The van der Waals surface area contributed by atoms with Crippen LogP contribution in [0.25, 0.3) is 0 Å². The first kappa shape index (κ1) is 70.5. The number of nitrogens with two attached hydrogens (primary N) is 4. The summed E-state index contributed by atoms with van der Waals surface area (Å²) in [6.45, 7) is 1.56. The van der Waals surface area contributed by atoms with E-state index in [4.69, 9.17) is 22.9 Å². The Kier molecular flexibility index (Phi) is 33.7. The molecule has 0 aromatic carbocycles. The molecule has 29 nitrogen and oxygen atoms in total.